The third-order valence-corrected chi connectivity index (χ3v) is 4.63. The van der Waals surface area contributed by atoms with Crippen molar-refractivity contribution in [3.8, 4) is 0 Å². The number of carbonyl (C=O) groups excluding carboxylic acids is 1. The Balaban J connectivity index is 2.61. The first-order chi connectivity index (χ1) is 7.99. The third kappa shape index (κ3) is 4.44. The van der Waals surface area contributed by atoms with Gasteiger partial charge in [-0.1, -0.05) is 15.9 Å². The van der Waals surface area contributed by atoms with E-state index in [2.05, 4.69) is 20.7 Å². The second kappa shape index (κ2) is 6.55. The van der Waals surface area contributed by atoms with Crippen LogP contribution < -0.4 is 4.72 Å². The zero-order valence-corrected chi connectivity index (χ0v) is 12.1. The molecule has 1 aliphatic rings. The minimum absolute atomic E-state index is 0.345. The Kier molecular flexibility index (Phi) is 5.68. The summed E-state index contributed by atoms with van der Waals surface area (Å²) in [4.78, 5) is 10.9. The standard InChI is InChI=1S/C9H17BrN2O4S/c1-16-9(13)11-17(14,15)12-6-2-3-8(7-12)4-5-10/h8H,2-7H2,1H3,(H,11,13). The lowest BCUT2D eigenvalue weighted by Crippen LogP contribution is -2.47. The second-order valence-corrected chi connectivity index (χ2v) is 6.41. The molecule has 0 aromatic carbocycles. The molecule has 0 aliphatic carbocycles. The van der Waals surface area contributed by atoms with E-state index in [1.807, 2.05) is 4.72 Å². The maximum atomic E-state index is 11.8. The van der Waals surface area contributed by atoms with E-state index < -0.39 is 16.3 Å². The van der Waals surface area contributed by atoms with Crippen LogP contribution in [-0.4, -0.2) is 44.3 Å². The molecule has 0 aromatic heterocycles. The molecule has 1 unspecified atom stereocenters. The Labute approximate surface area is 110 Å². The number of nitrogens with zero attached hydrogens (tertiary/aromatic N) is 1. The van der Waals surface area contributed by atoms with Crippen LogP contribution in [0.4, 0.5) is 4.79 Å². The molecule has 1 atom stereocenters. The number of alkyl halides is 1. The number of piperidine rings is 1. The number of rotatable bonds is 4. The van der Waals surface area contributed by atoms with Crippen LogP contribution in [0.2, 0.25) is 0 Å². The van der Waals surface area contributed by atoms with Crippen LogP contribution in [0.1, 0.15) is 19.3 Å². The average Bonchev–Trinajstić information content (AvgIpc) is 2.29. The molecule has 1 aliphatic heterocycles. The molecular weight excluding hydrogens is 312 g/mol. The third-order valence-electron chi connectivity index (χ3n) is 2.74. The van der Waals surface area contributed by atoms with E-state index in [0.29, 0.717) is 19.0 Å². The summed E-state index contributed by atoms with van der Waals surface area (Å²) in [6.07, 6.45) is 1.83. The van der Waals surface area contributed by atoms with E-state index in [9.17, 15) is 13.2 Å². The summed E-state index contributed by atoms with van der Waals surface area (Å²) in [6.45, 7) is 0.906. The SMILES string of the molecule is COC(=O)NS(=O)(=O)N1CCCC(CCBr)C1. The van der Waals surface area contributed by atoms with E-state index in [1.165, 1.54) is 4.31 Å². The first-order valence-corrected chi connectivity index (χ1v) is 7.97. The van der Waals surface area contributed by atoms with Gasteiger partial charge in [-0.25, -0.2) is 9.52 Å². The first-order valence-electron chi connectivity index (χ1n) is 5.41. The van der Waals surface area contributed by atoms with Gasteiger partial charge in [0.25, 0.3) is 0 Å². The molecule has 0 aromatic rings. The molecule has 100 valence electrons. The normalized spacial score (nSPS) is 22.1. The van der Waals surface area contributed by atoms with Gasteiger partial charge in [-0.3, -0.25) is 0 Å². The lowest BCUT2D eigenvalue weighted by Gasteiger charge is -2.31. The molecule has 6 nitrogen and oxygen atoms in total. The van der Waals surface area contributed by atoms with Gasteiger partial charge in [-0.15, -0.1) is 0 Å². The number of hydrogen-bond acceptors (Lipinski definition) is 4. The van der Waals surface area contributed by atoms with Crippen molar-refractivity contribution in [1.29, 1.82) is 0 Å². The highest BCUT2D eigenvalue weighted by Crippen LogP contribution is 2.21. The van der Waals surface area contributed by atoms with Crippen molar-refractivity contribution in [3.63, 3.8) is 0 Å². The van der Waals surface area contributed by atoms with Crippen molar-refractivity contribution < 1.29 is 17.9 Å². The fraction of sp³-hybridized carbons (Fsp3) is 0.889. The number of nitrogens with one attached hydrogen (secondary N) is 1. The Morgan fingerprint density at radius 1 is 1.59 bits per heavy atom. The van der Waals surface area contributed by atoms with Gasteiger partial charge < -0.3 is 4.74 Å². The van der Waals surface area contributed by atoms with Crippen LogP contribution in [0, 0.1) is 5.92 Å². The highest BCUT2D eigenvalue weighted by Gasteiger charge is 2.29. The summed E-state index contributed by atoms with van der Waals surface area (Å²) in [5, 5.41) is 0.857. The molecule has 0 spiro atoms. The lowest BCUT2D eigenvalue weighted by molar-refractivity contribution is 0.176. The molecular formula is C9H17BrN2O4S. The number of halogens is 1. The van der Waals surface area contributed by atoms with Crippen LogP contribution in [0.15, 0.2) is 0 Å². The van der Waals surface area contributed by atoms with Crippen molar-refractivity contribution in [2.75, 3.05) is 25.5 Å². The van der Waals surface area contributed by atoms with E-state index in [0.717, 1.165) is 31.7 Å². The van der Waals surface area contributed by atoms with Gasteiger partial charge in [-0.05, 0) is 25.2 Å². The summed E-state index contributed by atoms with van der Waals surface area (Å²) in [5.74, 6) is 0.345. The van der Waals surface area contributed by atoms with E-state index >= 15 is 0 Å². The number of ether oxygens (including phenoxy) is 1. The molecule has 0 bridgehead atoms. The molecule has 17 heavy (non-hydrogen) atoms. The fourth-order valence-electron chi connectivity index (χ4n) is 1.85. The Hall–Kier alpha value is -0.340. The number of hydrogen-bond donors (Lipinski definition) is 1. The van der Waals surface area contributed by atoms with Gasteiger partial charge in [0.2, 0.25) is 0 Å². The summed E-state index contributed by atoms with van der Waals surface area (Å²) >= 11 is 3.35. The minimum atomic E-state index is -3.75. The van der Waals surface area contributed by atoms with Gasteiger partial charge in [0.15, 0.2) is 0 Å². The molecule has 1 fully saturated rings. The Morgan fingerprint density at radius 3 is 2.88 bits per heavy atom. The molecule has 8 heteroatoms. The Bertz CT molecular complexity index is 358. The predicted molar refractivity (Wildman–Crippen MR) is 67.2 cm³/mol. The van der Waals surface area contributed by atoms with Crippen LogP contribution in [0.25, 0.3) is 0 Å². The van der Waals surface area contributed by atoms with E-state index in [4.69, 9.17) is 0 Å². The minimum Gasteiger partial charge on any atom is -0.452 e. The molecule has 1 rings (SSSR count). The van der Waals surface area contributed by atoms with Crippen molar-refractivity contribution in [2.24, 2.45) is 5.92 Å². The number of amides is 1. The van der Waals surface area contributed by atoms with Gasteiger partial charge in [0, 0.05) is 18.4 Å². The van der Waals surface area contributed by atoms with E-state index in [1.54, 1.807) is 0 Å². The molecule has 1 N–H and O–H groups in total. The molecule has 0 saturated carbocycles. The summed E-state index contributed by atoms with van der Waals surface area (Å²) in [7, 11) is -2.62. The molecule has 1 heterocycles. The van der Waals surface area contributed by atoms with Gasteiger partial charge in [-0.2, -0.15) is 12.7 Å². The van der Waals surface area contributed by atoms with Gasteiger partial charge in [0.05, 0.1) is 7.11 Å². The smallest absolute Gasteiger partial charge is 0.421 e. The quantitative estimate of drug-likeness (QED) is 0.783. The zero-order valence-electron chi connectivity index (χ0n) is 9.69. The average molecular weight is 329 g/mol. The largest absolute Gasteiger partial charge is 0.452 e. The van der Waals surface area contributed by atoms with Crippen LogP contribution >= 0.6 is 15.9 Å². The highest BCUT2D eigenvalue weighted by molar-refractivity contribution is 9.09. The van der Waals surface area contributed by atoms with Crippen LogP contribution in [-0.2, 0) is 14.9 Å². The van der Waals surface area contributed by atoms with Crippen molar-refractivity contribution in [2.45, 2.75) is 19.3 Å². The van der Waals surface area contributed by atoms with E-state index in [-0.39, 0.29) is 0 Å². The molecule has 1 amide bonds. The number of methoxy groups -OCH3 is 1. The van der Waals surface area contributed by atoms with Crippen LogP contribution in [0.5, 0.6) is 0 Å². The first kappa shape index (κ1) is 14.7. The van der Waals surface area contributed by atoms with Crippen LogP contribution in [0.3, 0.4) is 0 Å². The number of carbonyl (C=O) groups is 1. The predicted octanol–water partition coefficient (Wildman–Crippen LogP) is 1.08. The summed E-state index contributed by atoms with van der Waals surface area (Å²) in [5.41, 5.74) is 0. The monoisotopic (exact) mass is 328 g/mol. The Morgan fingerprint density at radius 2 is 2.29 bits per heavy atom. The maximum absolute atomic E-state index is 11.8. The van der Waals surface area contributed by atoms with Crippen molar-refractivity contribution in [3.05, 3.63) is 0 Å². The zero-order chi connectivity index (χ0) is 12.9. The topological polar surface area (TPSA) is 75.7 Å². The lowest BCUT2D eigenvalue weighted by atomic mass is 9.97. The fourth-order valence-corrected chi connectivity index (χ4v) is 3.69. The van der Waals surface area contributed by atoms with Crippen molar-refractivity contribution in [1.82, 2.24) is 9.03 Å². The summed E-state index contributed by atoms with van der Waals surface area (Å²) < 4.78 is 31.1. The highest BCUT2D eigenvalue weighted by atomic mass is 79.9. The molecule has 1 saturated heterocycles. The van der Waals surface area contributed by atoms with Crippen molar-refractivity contribution >= 4 is 32.2 Å². The summed E-state index contributed by atoms with van der Waals surface area (Å²) in [6, 6.07) is 0. The van der Waals surface area contributed by atoms with Gasteiger partial charge >= 0.3 is 16.3 Å². The van der Waals surface area contributed by atoms with Gasteiger partial charge in [0.1, 0.15) is 0 Å². The molecule has 0 radical (unpaired) electrons. The second-order valence-electron chi connectivity index (χ2n) is 3.94. The maximum Gasteiger partial charge on any atom is 0.421 e.